The summed E-state index contributed by atoms with van der Waals surface area (Å²) in [6, 6.07) is 20.6. The molecule has 1 aliphatic carbocycles. The Bertz CT molecular complexity index is 1560. The smallest absolute Gasteiger partial charge is 0.337 e. The van der Waals surface area contributed by atoms with Crippen LogP contribution in [0.1, 0.15) is 56.1 Å². The Morgan fingerprint density at radius 3 is 2.27 bits per heavy atom. The van der Waals surface area contributed by atoms with Crippen LogP contribution in [0, 0.1) is 11.3 Å². The van der Waals surface area contributed by atoms with Gasteiger partial charge in [0.1, 0.15) is 11.7 Å². The number of aromatic nitrogens is 2. The third kappa shape index (κ3) is 6.63. The molecule has 1 aliphatic rings. The van der Waals surface area contributed by atoms with E-state index in [-0.39, 0.29) is 11.7 Å². The molecule has 212 valence electrons. The number of methoxy groups -OCH3 is 1. The molecule has 9 nitrogen and oxygen atoms in total. The lowest BCUT2D eigenvalue weighted by atomic mass is 10.1. The van der Waals surface area contributed by atoms with E-state index in [1.165, 1.54) is 20.0 Å². The van der Waals surface area contributed by atoms with Crippen LogP contribution in [0.2, 0.25) is 0 Å². The molecule has 1 amide bonds. The Labute approximate surface area is 239 Å². The van der Waals surface area contributed by atoms with E-state index in [2.05, 4.69) is 4.57 Å². The third-order valence-electron chi connectivity index (χ3n) is 7.55. The highest BCUT2D eigenvalue weighted by molar-refractivity contribution is 5.97. The number of nitrogens with one attached hydrogen (secondary N) is 1. The van der Waals surface area contributed by atoms with E-state index in [0.29, 0.717) is 42.2 Å². The molecule has 1 fully saturated rings. The van der Waals surface area contributed by atoms with Gasteiger partial charge < -0.3 is 25.7 Å². The summed E-state index contributed by atoms with van der Waals surface area (Å²) < 4.78 is 7.08. The molecule has 0 aliphatic heterocycles. The molecule has 0 bridgehead atoms. The van der Waals surface area contributed by atoms with Gasteiger partial charge in [-0.25, -0.2) is 9.78 Å². The van der Waals surface area contributed by atoms with Crippen molar-refractivity contribution in [3.05, 3.63) is 100 Å². The van der Waals surface area contributed by atoms with Gasteiger partial charge in [-0.15, -0.1) is 0 Å². The van der Waals surface area contributed by atoms with Crippen molar-refractivity contribution in [2.24, 2.45) is 17.4 Å². The van der Waals surface area contributed by atoms with Gasteiger partial charge in [0.2, 0.25) is 0 Å². The standard InChI is InChI=1S/C32H36N6O3/c1-41-32(40)25-11-6-22(7-12-25)19-37(17-16-33)31(39)26-13-14-28-27(18-26)36-29(38(28)20-23-2-3-23)15-8-21-4-9-24(10-5-21)30(34)35/h4-7,9-14,18,23H,2-3,8,15-17,19-20,33H2,1H3,(H3,34,35). The Balaban J connectivity index is 1.36. The average Bonchev–Trinajstić information content (AvgIpc) is 3.75. The zero-order valence-electron chi connectivity index (χ0n) is 23.3. The van der Waals surface area contributed by atoms with Crippen LogP contribution < -0.4 is 11.5 Å². The van der Waals surface area contributed by atoms with Crippen molar-refractivity contribution in [1.82, 2.24) is 14.5 Å². The molecule has 1 heterocycles. The first-order chi connectivity index (χ1) is 19.9. The number of hydrogen-bond acceptors (Lipinski definition) is 6. The first-order valence-corrected chi connectivity index (χ1v) is 14.0. The second kappa shape index (κ2) is 12.3. The van der Waals surface area contributed by atoms with Crippen LogP contribution in [0.3, 0.4) is 0 Å². The average molecular weight is 553 g/mol. The van der Waals surface area contributed by atoms with Crippen molar-refractivity contribution < 1.29 is 14.3 Å². The normalized spacial score (nSPS) is 12.8. The highest BCUT2D eigenvalue weighted by atomic mass is 16.5. The van der Waals surface area contributed by atoms with Gasteiger partial charge in [-0.3, -0.25) is 10.2 Å². The molecular weight excluding hydrogens is 516 g/mol. The van der Waals surface area contributed by atoms with Crippen molar-refractivity contribution in [3.8, 4) is 0 Å². The minimum atomic E-state index is -0.397. The number of fused-ring (bicyclic) bond motifs is 1. The number of aryl methyl sites for hydroxylation is 2. The Morgan fingerprint density at radius 1 is 0.976 bits per heavy atom. The molecule has 5 rings (SSSR count). The number of amides is 1. The van der Waals surface area contributed by atoms with E-state index >= 15 is 0 Å². The van der Waals surface area contributed by atoms with Gasteiger partial charge >= 0.3 is 5.97 Å². The fourth-order valence-electron chi connectivity index (χ4n) is 5.05. The Kier molecular flexibility index (Phi) is 8.45. The number of carbonyl (C=O) groups is 2. The number of nitrogens with two attached hydrogens (primary N) is 2. The number of nitrogen functional groups attached to an aromatic ring is 1. The summed E-state index contributed by atoms with van der Waals surface area (Å²) in [5, 5.41) is 7.60. The van der Waals surface area contributed by atoms with Crippen LogP contribution in [0.4, 0.5) is 0 Å². The van der Waals surface area contributed by atoms with Gasteiger partial charge in [0.05, 0.1) is 23.7 Å². The number of nitrogens with zero attached hydrogens (tertiary/aromatic N) is 3. The predicted molar refractivity (Wildman–Crippen MR) is 159 cm³/mol. The Hall–Kier alpha value is -4.50. The summed E-state index contributed by atoms with van der Waals surface area (Å²) in [5.41, 5.74) is 17.1. The number of amidine groups is 1. The van der Waals surface area contributed by atoms with Gasteiger partial charge in [0.15, 0.2) is 0 Å². The van der Waals surface area contributed by atoms with E-state index in [4.69, 9.17) is 26.6 Å². The highest BCUT2D eigenvalue weighted by Crippen LogP contribution is 2.33. The number of benzene rings is 3. The van der Waals surface area contributed by atoms with Gasteiger partial charge in [-0.1, -0.05) is 36.4 Å². The largest absolute Gasteiger partial charge is 0.465 e. The summed E-state index contributed by atoms with van der Waals surface area (Å²) in [6.45, 7) is 2.05. The van der Waals surface area contributed by atoms with E-state index < -0.39 is 5.97 Å². The van der Waals surface area contributed by atoms with Gasteiger partial charge in [-0.05, 0) is 66.6 Å². The lowest BCUT2D eigenvalue weighted by Crippen LogP contribution is -2.34. The molecule has 9 heteroatoms. The molecular formula is C32H36N6O3. The molecule has 0 radical (unpaired) electrons. The van der Waals surface area contributed by atoms with E-state index in [9.17, 15) is 9.59 Å². The minimum absolute atomic E-state index is 0.0645. The maximum absolute atomic E-state index is 13.6. The fourth-order valence-corrected chi connectivity index (χ4v) is 5.05. The van der Waals surface area contributed by atoms with Crippen LogP contribution in [0.15, 0.2) is 66.7 Å². The highest BCUT2D eigenvalue weighted by Gasteiger charge is 2.25. The van der Waals surface area contributed by atoms with Crippen molar-refractivity contribution in [1.29, 1.82) is 5.41 Å². The van der Waals surface area contributed by atoms with E-state index in [0.717, 1.165) is 47.4 Å². The fraction of sp³-hybridized carbons (Fsp3) is 0.312. The quantitative estimate of drug-likeness (QED) is 0.138. The summed E-state index contributed by atoms with van der Waals surface area (Å²) in [7, 11) is 1.35. The minimum Gasteiger partial charge on any atom is -0.465 e. The molecule has 3 aromatic carbocycles. The van der Waals surface area contributed by atoms with Gasteiger partial charge in [0.25, 0.3) is 5.91 Å². The molecule has 4 aromatic rings. The van der Waals surface area contributed by atoms with Crippen LogP contribution in [0.5, 0.6) is 0 Å². The van der Waals surface area contributed by atoms with Crippen LogP contribution in [-0.2, 0) is 30.7 Å². The maximum atomic E-state index is 13.6. The van der Waals surface area contributed by atoms with Crippen molar-refractivity contribution >= 4 is 28.7 Å². The topological polar surface area (TPSA) is 140 Å². The number of carbonyl (C=O) groups excluding carboxylic acids is 2. The van der Waals surface area contributed by atoms with E-state index in [1.54, 1.807) is 17.0 Å². The number of rotatable bonds is 12. The molecule has 41 heavy (non-hydrogen) atoms. The van der Waals surface area contributed by atoms with Crippen molar-refractivity contribution in [2.45, 2.75) is 38.8 Å². The number of esters is 1. The van der Waals surface area contributed by atoms with Gasteiger partial charge in [-0.2, -0.15) is 0 Å². The molecule has 5 N–H and O–H groups in total. The number of imidazole rings is 1. The molecule has 0 unspecified atom stereocenters. The van der Waals surface area contributed by atoms with Crippen LogP contribution in [-0.4, -0.2) is 52.4 Å². The predicted octanol–water partition coefficient (Wildman–Crippen LogP) is 3.90. The maximum Gasteiger partial charge on any atom is 0.337 e. The zero-order valence-corrected chi connectivity index (χ0v) is 23.3. The van der Waals surface area contributed by atoms with E-state index in [1.807, 2.05) is 54.6 Å². The second-order valence-electron chi connectivity index (χ2n) is 10.6. The third-order valence-corrected chi connectivity index (χ3v) is 7.55. The van der Waals surface area contributed by atoms with Crippen LogP contribution >= 0.6 is 0 Å². The molecule has 0 saturated heterocycles. The summed E-state index contributed by atoms with van der Waals surface area (Å²) in [4.78, 5) is 32.1. The molecule has 0 spiro atoms. The van der Waals surface area contributed by atoms with Crippen molar-refractivity contribution in [3.63, 3.8) is 0 Å². The zero-order chi connectivity index (χ0) is 28.9. The SMILES string of the molecule is COC(=O)c1ccc(CN(CCN)C(=O)c2ccc3c(c2)nc(CCc2ccc(C(=N)N)cc2)n3CC2CC2)cc1. The number of ether oxygens (including phenoxy) is 1. The lowest BCUT2D eigenvalue weighted by Gasteiger charge is -2.22. The molecule has 1 aromatic heterocycles. The molecule has 0 atom stereocenters. The summed E-state index contributed by atoms with van der Waals surface area (Å²) in [5.74, 6) is 1.24. The van der Waals surface area contributed by atoms with Gasteiger partial charge in [0, 0.05) is 43.7 Å². The summed E-state index contributed by atoms with van der Waals surface area (Å²) in [6.07, 6.45) is 4.05. The first kappa shape index (κ1) is 28.0. The number of hydrogen-bond donors (Lipinski definition) is 3. The van der Waals surface area contributed by atoms with Crippen LogP contribution in [0.25, 0.3) is 11.0 Å². The monoisotopic (exact) mass is 552 g/mol. The second-order valence-corrected chi connectivity index (χ2v) is 10.6. The summed E-state index contributed by atoms with van der Waals surface area (Å²) >= 11 is 0. The molecule has 1 saturated carbocycles. The lowest BCUT2D eigenvalue weighted by molar-refractivity contribution is 0.0600. The first-order valence-electron chi connectivity index (χ1n) is 14.0. The Morgan fingerprint density at radius 2 is 1.63 bits per heavy atom. The van der Waals surface area contributed by atoms with Crippen molar-refractivity contribution in [2.75, 3.05) is 20.2 Å².